The highest BCUT2D eigenvalue weighted by Gasteiger charge is 2.11. The zero-order valence-corrected chi connectivity index (χ0v) is 13.8. The fourth-order valence-corrected chi connectivity index (χ4v) is 2.45. The van der Waals surface area contributed by atoms with Gasteiger partial charge in [-0.05, 0) is 31.0 Å². The molecule has 0 amide bonds. The van der Waals surface area contributed by atoms with Crippen molar-refractivity contribution in [2.24, 2.45) is 7.05 Å². The van der Waals surface area contributed by atoms with Gasteiger partial charge >= 0.3 is 0 Å². The Balaban J connectivity index is 0.000000168. The van der Waals surface area contributed by atoms with Crippen LogP contribution in [0.2, 0.25) is 5.02 Å². The molecule has 1 aromatic heterocycles. The first-order valence-corrected chi connectivity index (χ1v) is 7.27. The molecule has 0 radical (unpaired) electrons. The molecule has 3 aromatic rings. The molecule has 23 heavy (non-hydrogen) atoms. The molecular formula is C16H17ClN4O2. The van der Waals surface area contributed by atoms with Crippen molar-refractivity contribution in [3.05, 3.63) is 62.7 Å². The number of benzene rings is 2. The van der Waals surface area contributed by atoms with Gasteiger partial charge in [0.15, 0.2) is 0 Å². The van der Waals surface area contributed by atoms with Crippen LogP contribution in [0.15, 0.2) is 36.4 Å². The smallest absolute Gasteiger partial charge is 0.288 e. The Hall–Kier alpha value is -2.60. The van der Waals surface area contributed by atoms with E-state index in [1.54, 1.807) is 19.1 Å². The van der Waals surface area contributed by atoms with Gasteiger partial charge in [-0.3, -0.25) is 10.1 Å². The van der Waals surface area contributed by atoms with Crippen molar-refractivity contribution in [2.45, 2.75) is 13.8 Å². The number of aryl methyl sites for hydroxylation is 3. The fraction of sp³-hybridized carbons (Fsp3) is 0.188. The predicted octanol–water partition coefficient (Wildman–Crippen LogP) is 4.02. The van der Waals surface area contributed by atoms with E-state index >= 15 is 0 Å². The zero-order valence-electron chi connectivity index (χ0n) is 13.1. The van der Waals surface area contributed by atoms with Gasteiger partial charge in [-0.2, -0.15) is 0 Å². The summed E-state index contributed by atoms with van der Waals surface area (Å²) in [6.45, 7) is 3.79. The minimum absolute atomic E-state index is 0.0355. The average molecular weight is 333 g/mol. The lowest BCUT2D eigenvalue weighted by Crippen LogP contribution is -1.96. The Morgan fingerprint density at radius 2 is 1.78 bits per heavy atom. The summed E-state index contributed by atoms with van der Waals surface area (Å²) in [6, 6.07) is 10.7. The number of nitrogens with zero attached hydrogens (tertiary/aromatic N) is 3. The highest BCUT2D eigenvalue weighted by atomic mass is 35.5. The number of rotatable bonds is 1. The van der Waals surface area contributed by atoms with E-state index in [2.05, 4.69) is 18.0 Å². The second kappa shape index (κ2) is 6.66. The van der Waals surface area contributed by atoms with Gasteiger partial charge in [0.2, 0.25) is 5.95 Å². The van der Waals surface area contributed by atoms with Gasteiger partial charge in [0.25, 0.3) is 5.69 Å². The number of nitro groups is 1. The van der Waals surface area contributed by atoms with Crippen LogP contribution in [0.3, 0.4) is 0 Å². The summed E-state index contributed by atoms with van der Waals surface area (Å²) in [7, 11) is 1.93. The summed E-state index contributed by atoms with van der Waals surface area (Å²) in [5, 5.41) is 10.5. The maximum atomic E-state index is 10.3. The Labute approximate surface area is 138 Å². The number of para-hydroxylation sites is 1. The molecule has 3 rings (SSSR count). The molecule has 0 bridgehead atoms. The Morgan fingerprint density at radius 1 is 1.17 bits per heavy atom. The summed E-state index contributed by atoms with van der Waals surface area (Å²) in [4.78, 5) is 14.0. The summed E-state index contributed by atoms with van der Waals surface area (Å²) < 4.78 is 1.91. The number of fused-ring (bicyclic) bond motifs is 1. The van der Waals surface area contributed by atoms with Crippen LogP contribution in [0, 0.1) is 24.0 Å². The average Bonchev–Trinajstić information content (AvgIpc) is 2.78. The van der Waals surface area contributed by atoms with Crippen molar-refractivity contribution in [2.75, 3.05) is 5.73 Å². The highest BCUT2D eigenvalue weighted by molar-refractivity contribution is 6.33. The number of nitro benzene ring substituents is 1. The van der Waals surface area contributed by atoms with Crippen molar-refractivity contribution in [1.29, 1.82) is 0 Å². The summed E-state index contributed by atoms with van der Waals surface area (Å²) in [5.41, 5.74) is 9.66. The van der Waals surface area contributed by atoms with Gasteiger partial charge in [-0.15, -0.1) is 0 Å². The molecule has 0 fully saturated rings. The van der Waals surface area contributed by atoms with Gasteiger partial charge in [-0.1, -0.05) is 35.9 Å². The third-order valence-electron chi connectivity index (χ3n) is 3.50. The minimum Gasteiger partial charge on any atom is -0.369 e. The van der Waals surface area contributed by atoms with Crippen molar-refractivity contribution in [3.8, 4) is 0 Å². The van der Waals surface area contributed by atoms with Crippen molar-refractivity contribution in [3.63, 3.8) is 0 Å². The molecule has 2 N–H and O–H groups in total. The van der Waals surface area contributed by atoms with Crippen LogP contribution in [-0.4, -0.2) is 14.5 Å². The molecule has 1 heterocycles. The molecule has 6 nitrogen and oxygen atoms in total. The first-order valence-electron chi connectivity index (χ1n) is 6.90. The number of hydrogen-bond donors (Lipinski definition) is 1. The number of nitrogens with two attached hydrogens (primary N) is 1. The summed E-state index contributed by atoms with van der Waals surface area (Å²) in [5.74, 6) is 0.569. The SMILES string of the molecule is Cc1cccc([N+](=O)[O-])c1Cl.Cc1cccc2nc(N)n(C)c12. The lowest BCUT2D eigenvalue weighted by Gasteiger charge is -1.98. The van der Waals surface area contributed by atoms with Crippen LogP contribution in [0.4, 0.5) is 11.6 Å². The Kier molecular flexibility index (Phi) is 4.86. The lowest BCUT2D eigenvalue weighted by atomic mass is 10.2. The Bertz CT molecular complexity index is 874. The van der Waals surface area contributed by atoms with Crippen LogP contribution in [0.25, 0.3) is 11.0 Å². The standard InChI is InChI=1S/C9H11N3.C7H6ClNO2/c1-6-4-3-5-7-8(6)12(2)9(10)11-7;1-5-3-2-4-6(7(5)8)9(10)11/h3-5H,1-2H3,(H2,10,11);2-4H,1H3. The molecule has 120 valence electrons. The molecule has 2 aromatic carbocycles. The van der Waals surface area contributed by atoms with Gasteiger partial charge in [0.1, 0.15) is 5.02 Å². The maximum absolute atomic E-state index is 10.3. The lowest BCUT2D eigenvalue weighted by molar-refractivity contribution is -0.384. The maximum Gasteiger partial charge on any atom is 0.288 e. The van der Waals surface area contributed by atoms with E-state index < -0.39 is 4.92 Å². The molecule has 0 saturated heterocycles. The van der Waals surface area contributed by atoms with E-state index in [0.29, 0.717) is 5.95 Å². The molecule has 0 aliphatic carbocycles. The van der Waals surface area contributed by atoms with Crippen LogP contribution >= 0.6 is 11.6 Å². The van der Waals surface area contributed by atoms with Crippen molar-refractivity contribution in [1.82, 2.24) is 9.55 Å². The molecule has 0 saturated carbocycles. The van der Waals surface area contributed by atoms with Crippen molar-refractivity contribution < 1.29 is 4.92 Å². The first kappa shape index (κ1) is 16.8. The largest absolute Gasteiger partial charge is 0.369 e. The Morgan fingerprint density at radius 3 is 2.35 bits per heavy atom. The van der Waals surface area contributed by atoms with Gasteiger partial charge in [-0.25, -0.2) is 4.98 Å². The van der Waals surface area contributed by atoms with Gasteiger partial charge < -0.3 is 10.3 Å². The van der Waals surface area contributed by atoms with E-state index in [1.807, 2.05) is 23.7 Å². The van der Waals surface area contributed by atoms with Gasteiger partial charge in [0.05, 0.1) is 16.0 Å². The van der Waals surface area contributed by atoms with E-state index in [1.165, 1.54) is 11.6 Å². The number of halogens is 1. The fourth-order valence-electron chi connectivity index (χ4n) is 2.26. The van der Waals surface area contributed by atoms with E-state index in [4.69, 9.17) is 17.3 Å². The van der Waals surface area contributed by atoms with E-state index in [-0.39, 0.29) is 10.7 Å². The molecule has 0 spiro atoms. The van der Waals surface area contributed by atoms with Crippen molar-refractivity contribution >= 4 is 34.3 Å². The normalized spacial score (nSPS) is 10.3. The van der Waals surface area contributed by atoms with Crippen LogP contribution in [0.1, 0.15) is 11.1 Å². The first-order chi connectivity index (χ1) is 10.8. The van der Waals surface area contributed by atoms with Crippen LogP contribution in [-0.2, 0) is 7.05 Å². The van der Waals surface area contributed by atoms with Crippen LogP contribution < -0.4 is 5.73 Å². The monoisotopic (exact) mass is 332 g/mol. The predicted molar refractivity (Wildman–Crippen MR) is 92.7 cm³/mol. The molecule has 0 aliphatic rings. The van der Waals surface area contributed by atoms with Crippen LogP contribution in [0.5, 0.6) is 0 Å². The third-order valence-corrected chi connectivity index (χ3v) is 3.99. The molecule has 0 atom stereocenters. The number of nitrogen functional groups attached to an aromatic ring is 1. The minimum atomic E-state index is -0.491. The van der Waals surface area contributed by atoms with Gasteiger partial charge in [0, 0.05) is 13.1 Å². The second-order valence-corrected chi connectivity index (χ2v) is 5.51. The number of hydrogen-bond acceptors (Lipinski definition) is 4. The number of anilines is 1. The second-order valence-electron chi connectivity index (χ2n) is 5.14. The topological polar surface area (TPSA) is 87.0 Å². The van der Waals surface area contributed by atoms with E-state index in [9.17, 15) is 10.1 Å². The highest BCUT2D eigenvalue weighted by Crippen LogP contribution is 2.26. The third kappa shape index (κ3) is 3.43. The van der Waals surface area contributed by atoms with E-state index in [0.717, 1.165) is 16.6 Å². The quantitative estimate of drug-likeness (QED) is 0.538. The number of aromatic nitrogens is 2. The molecule has 0 aliphatic heterocycles. The number of imidazole rings is 1. The molecular weight excluding hydrogens is 316 g/mol. The zero-order chi connectivity index (χ0) is 17.1. The molecule has 7 heteroatoms. The molecule has 0 unspecified atom stereocenters. The summed E-state index contributed by atoms with van der Waals surface area (Å²) in [6.07, 6.45) is 0. The summed E-state index contributed by atoms with van der Waals surface area (Å²) >= 11 is 5.65.